The summed E-state index contributed by atoms with van der Waals surface area (Å²) in [5.41, 5.74) is 0.610. The van der Waals surface area contributed by atoms with Crippen LogP contribution in [0, 0.1) is 11.6 Å². The predicted octanol–water partition coefficient (Wildman–Crippen LogP) is 3.89. The Hall–Kier alpha value is -3.42. The van der Waals surface area contributed by atoms with Gasteiger partial charge >= 0.3 is 0 Å². The molecule has 1 heterocycles. The van der Waals surface area contributed by atoms with Gasteiger partial charge in [0.05, 0.1) is 26.1 Å². The predicted molar refractivity (Wildman–Crippen MR) is 89.4 cm³/mol. The summed E-state index contributed by atoms with van der Waals surface area (Å²) >= 11 is 0. The van der Waals surface area contributed by atoms with Gasteiger partial charge in [0.25, 0.3) is 5.91 Å². The van der Waals surface area contributed by atoms with Crippen LogP contribution >= 0.6 is 0 Å². The highest BCUT2D eigenvalue weighted by atomic mass is 19.2. The smallest absolute Gasteiger partial charge is 0.261 e. The second-order valence-electron chi connectivity index (χ2n) is 5.22. The molecule has 1 aromatic heterocycles. The molecule has 2 aromatic carbocycles. The molecule has 0 spiro atoms. The third kappa shape index (κ3) is 3.34. The molecular weight excluding hydrogens is 346 g/mol. The Morgan fingerprint density at radius 3 is 2.58 bits per heavy atom. The van der Waals surface area contributed by atoms with Crippen molar-refractivity contribution in [2.75, 3.05) is 19.5 Å². The van der Waals surface area contributed by atoms with Gasteiger partial charge in [-0.2, -0.15) is 0 Å². The average molecular weight is 360 g/mol. The second-order valence-corrected chi connectivity index (χ2v) is 5.22. The lowest BCUT2D eigenvalue weighted by Crippen LogP contribution is -2.13. The van der Waals surface area contributed by atoms with Gasteiger partial charge < -0.3 is 19.3 Å². The van der Waals surface area contributed by atoms with Crippen LogP contribution in [0.15, 0.2) is 47.1 Å². The highest BCUT2D eigenvalue weighted by Crippen LogP contribution is 2.31. The zero-order chi connectivity index (χ0) is 18.7. The number of benzene rings is 2. The number of ether oxygens (including phenoxy) is 2. The van der Waals surface area contributed by atoms with Gasteiger partial charge in [0, 0.05) is 11.6 Å². The van der Waals surface area contributed by atoms with Crippen molar-refractivity contribution in [2.45, 2.75) is 0 Å². The van der Waals surface area contributed by atoms with E-state index >= 15 is 0 Å². The molecule has 0 radical (unpaired) electrons. The van der Waals surface area contributed by atoms with Gasteiger partial charge in [-0.15, -0.1) is 0 Å². The van der Waals surface area contributed by atoms with Crippen molar-refractivity contribution in [1.29, 1.82) is 0 Å². The topological polar surface area (TPSA) is 73.6 Å². The summed E-state index contributed by atoms with van der Waals surface area (Å²) in [6.45, 7) is 0. The first-order valence-corrected chi connectivity index (χ1v) is 7.47. The summed E-state index contributed by atoms with van der Waals surface area (Å²) in [5, 5.41) is 6.24. The molecule has 8 heteroatoms. The molecule has 134 valence electrons. The minimum atomic E-state index is -1.06. The van der Waals surface area contributed by atoms with E-state index in [9.17, 15) is 13.6 Å². The van der Waals surface area contributed by atoms with E-state index in [0.29, 0.717) is 17.2 Å². The number of halogens is 2. The number of hydrogen-bond acceptors (Lipinski definition) is 5. The van der Waals surface area contributed by atoms with Crippen molar-refractivity contribution in [3.8, 4) is 22.8 Å². The molecule has 1 N–H and O–H groups in total. The molecular formula is C18H14F2N2O4. The average Bonchev–Trinajstić information content (AvgIpc) is 3.13. The van der Waals surface area contributed by atoms with Gasteiger partial charge in [0.2, 0.25) is 0 Å². The lowest BCUT2D eigenvalue weighted by Gasteiger charge is -2.11. The molecule has 0 saturated heterocycles. The quantitative estimate of drug-likeness (QED) is 0.747. The minimum absolute atomic E-state index is 0.0169. The van der Waals surface area contributed by atoms with Crippen molar-refractivity contribution in [3.05, 3.63) is 59.8 Å². The number of nitrogens with one attached hydrogen (secondary N) is 1. The van der Waals surface area contributed by atoms with Crippen LogP contribution in [0.2, 0.25) is 0 Å². The molecule has 0 atom stereocenters. The Morgan fingerprint density at radius 2 is 1.88 bits per heavy atom. The maximum Gasteiger partial charge on any atom is 0.261 e. The van der Waals surface area contributed by atoms with E-state index in [1.54, 1.807) is 18.2 Å². The third-order valence-electron chi connectivity index (χ3n) is 3.65. The molecule has 0 unspecified atom stereocenters. The van der Waals surface area contributed by atoms with Crippen molar-refractivity contribution in [3.63, 3.8) is 0 Å². The Labute approximate surface area is 147 Å². The lowest BCUT2D eigenvalue weighted by molar-refractivity contribution is 0.102. The van der Waals surface area contributed by atoms with Crippen molar-refractivity contribution < 1.29 is 27.6 Å². The number of hydrogen-bond donors (Lipinski definition) is 1. The van der Waals surface area contributed by atoms with Gasteiger partial charge in [-0.25, -0.2) is 8.78 Å². The van der Waals surface area contributed by atoms with E-state index in [4.69, 9.17) is 14.0 Å². The molecule has 0 aliphatic rings. The summed E-state index contributed by atoms with van der Waals surface area (Å²) in [4.78, 5) is 12.6. The van der Waals surface area contributed by atoms with Gasteiger partial charge in [-0.1, -0.05) is 5.16 Å². The summed E-state index contributed by atoms with van der Waals surface area (Å²) in [5.74, 6) is -1.65. The van der Waals surface area contributed by atoms with Crippen LogP contribution in [0.4, 0.5) is 14.5 Å². The SMILES string of the molecule is COc1ccc(OC)c(NC(=O)c2cnoc2-c2ccc(F)c(F)c2)c1. The van der Waals surface area contributed by atoms with Crippen LogP contribution in [0.25, 0.3) is 11.3 Å². The fraction of sp³-hybridized carbons (Fsp3) is 0.111. The van der Waals surface area contributed by atoms with Crippen LogP contribution in [0.3, 0.4) is 0 Å². The molecule has 3 aromatic rings. The molecule has 26 heavy (non-hydrogen) atoms. The van der Waals surface area contributed by atoms with Crippen LogP contribution in [0.1, 0.15) is 10.4 Å². The minimum Gasteiger partial charge on any atom is -0.497 e. The third-order valence-corrected chi connectivity index (χ3v) is 3.65. The van der Waals surface area contributed by atoms with Crippen LogP contribution < -0.4 is 14.8 Å². The number of nitrogens with zero attached hydrogens (tertiary/aromatic N) is 1. The molecule has 0 aliphatic heterocycles. The van der Waals surface area contributed by atoms with Gasteiger partial charge in [0.15, 0.2) is 17.4 Å². The summed E-state index contributed by atoms with van der Waals surface area (Å²) < 4.78 is 42.0. The molecule has 3 rings (SSSR count). The maximum absolute atomic E-state index is 13.5. The highest BCUT2D eigenvalue weighted by molar-refractivity contribution is 6.08. The van der Waals surface area contributed by atoms with Crippen molar-refractivity contribution in [1.82, 2.24) is 5.16 Å². The fourth-order valence-electron chi connectivity index (χ4n) is 2.35. The number of aromatic nitrogens is 1. The largest absolute Gasteiger partial charge is 0.497 e. The molecule has 0 aliphatic carbocycles. The number of carbonyl (C=O) groups is 1. The lowest BCUT2D eigenvalue weighted by atomic mass is 10.1. The van der Waals surface area contributed by atoms with E-state index in [1.807, 2.05) is 0 Å². The van der Waals surface area contributed by atoms with Gasteiger partial charge in [-0.05, 0) is 30.3 Å². The van der Waals surface area contributed by atoms with Crippen molar-refractivity contribution in [2.24, 2.45) is 0 Å². The number of rotatable bonds is 5. The van der Waals surface area contributed by atoms with E-state index < -0.39 is 17.5 Å². The Morgan fingerprint density at radius 1 is 1.08 bits per heavy atom. The zero-order valence-corrected chi connectivity index (χ0v) is 13.9. The van der Waals surface area contributed by atoms with Crippen LogP contribution in [0.5, 0.6) is 11.5 Å². The van der Waals surface area contributed by atoms with Crippen LogP contribution in [-0.4, -0.2) is 25.3 Å². The summed E-state index contributed by atoms with van der Waals surface area (Å²) in [7, 11) is 2.96. The van der Waals surface area contributed by atoms with E-state index in [2.05, 4.69) is 10.5 Å². The molecule has 0 fully saturated rings. The fourth-order valence-corrected chi connectivity index (χ4v) is 2.35. The zero-order valence-electron chi connectivity index (χ0n) is 13.9. The van der Waals surface area contributed by atoms with Gasteiger partial charge in [0.1, 0.15) is 17.1 Å². The standard InChI is InChI=1S/C18H14F2N2O4/c1-24-11-4-6-16(25-2)15(8-11)22-18(23)12-9-21-26-17(12)10-3-5-13(19)14(20)7-10/h3-9H,1-2H3,(H,22,23). The Kier molecular flexibility index (Phi) is 4.83. The van der Waals surface area contributed by atoms with Gasteiger partial charge in [-0.3, -0.25) is 4.79 Å². The molecule has 0 bridgehead atoms. The van der Waals surface area contributed by atoms with E-state index in [-0.39, 0.29) is 16.9 Å². The van der Waals surface area contributed by atoms with E-state index in [0.717, 1.165) is 12.1 Å². The molecule has 1 amide bonds. The monoisotopic (exact) mass is 360 g/mol. The van der Waals surface area contributed by atoms with Crippen LogP contribution in [-0.2, 0) is 0 Å². The number of anilines is 1. The Bertz CT molecular complexity index is 956. The van der Waals surface area contributed by atoms with Crippen molar-refractivity contribution >= 4 is 11.6 Å². The maximum atomic E-state index is 13.5. The first-order chi connectivity index (χ1) is 12.5. The number of amides is 1. The summed E-state index contributed by atoms with van der Waals surface area (Å²) in [6.07, 6.45) is 1.19. The highest BCUT2D eigenvalue weighted by Gasteiger charge is 2.20. The summed E-state index contributed by atoms with van der Waals surface area (Å²) in [6, 6.07) is 8.07. The normalized spacial score (nSPS) is 10.5. The molecule has 6 nitrogen and oxygen atoms in total. The second kappa shape index (κ2) is 7.22. The number of methoxy groups -OCH3 is 2. The molecule has 0 saturated carbocycles. The van der Waals surface area contributed by atoms with E-state index in [1.165, 1.54) is 26.5 Å². The number of carbonyl (C=O) groups excluding carboxylic acids is 1. The first-order valence-electron chi connectivity index (χ1n) is 7.47. The Balaban J connectivity index is 1.93. The first kappa shape index (κ1) is 17.4.